The Morgan fingerprint density at radius 2 is 1.96 bits per heavy atom. The molecule has 0 aromatic heterocycles. The molecule has 1 saturated carbocycles. The van der Waals surface area contributed by atoms with Crippen LogP contribution in [-0.4, -0.2) is 23.7 Å². The SMILES string of the molecule is CC(C)(C)OC(=O)c1ccc(Br)cc1[C@@]1(C(F)(F)F)C[C@H]1C(=O)N=[N+]=[N-]. The normalized spacial score (nSPS) is 22.3. The first-order valence-corrected chi connectivity index (χ1v) is 8.32. The van der Waals surface area contributed by atoms with Crippen LogP contribution >= 0.6 is 15.9 Å². The molecule has 26 heavy (non-hydrogen) atoms. The number of carbonyl (C=O) groups is 2. The Labute approximate surface area is 155 Å². The van der Waals surface area contributed by atoms with E-state index in [2.05, 4.69) is 26.0 Å². The highest BCUT2D eigenvalue weighted by Crippen LogP contribution is 2.64. The van der Waals surface area contributed by atoms with E-state index in [1.54, 1.807) is 20.8 Å². The van der Waals surface area contributed by atoms with Crippen molar-refractivity contribution in [1.82, 2.24) is 0 Å². The highest BCUT2D eigenvalue weighted by Gasteiger charge is 2.74. The van der Waals surface area contributed by atoms with Gasteiger partial charge in [-0.2, -0.15) is 13.2 Å². The number of amides is 1. The molecule has 0 N–H and O–H groups in total. The van der Waals surface area contributed by atoms with Crippen molar-refractivity contribution in [1.29, 1.82) is 0 Å². The molecule has 1 aliphatic carbocycles. The Morgan fingerprint density at radius 3 is 2.46 bits per heavy atom. The second-order valence-electron chi connectivity index (χ2n) is 6.95. The van der Waals surface area contributed by atoms with E-state index in [4.69, 9.17) is 10.3 Å². The van der Waals surface area contributed by atoms with Crippen molar-refractivity contribution in [2.75, 3.05) is 0 Å². The molecule has 1 fully saturated rings. The van der Waals surface area contributed by atoms with Gasteiger partial charge in [0.25, 0.3) is 0 Å². The minimum atomic E-state index is -4.82. The molecular formula is C16H15BrF3N3O3. The number of rotatable bonds is 3. The standard InChI is InChI=1S/C16H15BrF3N3O3/c1-14(2,3)26-13(25)9-5-4-8(17)6-10(9)15(16(18,19)20)7-11(15)12(24)22-23-21/h4-6,11H,7H2,1-3H3/t11-,15-/m0/s1. The zero-order valence-electron chi connectivity index (χ0n) is 14.1. The quantitative estimate of drug-likeness (QED) is 0.288. The number of esters is 1. The minimum Gasteiger partial charge on any atom is -0.456 e. The molecule has 0 bridgehead atoms. The van der Waals surface area contributed by atoms with Gasteiger partial charge < -0.3 is 4.74 Å². The van der Waals surface area contributed by atoms with Crippen molar-refractivity contribution in [2.45, 2.75) is 44.4 Å². The average Bonchev–Trinajstić information content (AvgIpc) is 3.22. The summed E-state index contributed by atoms with van der Waals surface area (Å²) in [6.07, 6.45) is -5.42. The van der Waals surface area contributed by atoms with E-state index in [9.17, 15) is 22.8 Å². The van der Waals surface area contributed by atoms with Crippen LogP contribution in [0, 0.1) is 5.92 Å². The smallest absolute Gasteiger partial charge is 0.399 e. The zero-order valence-corrected chi connectivity index (χ0v) is 15.7. The number of carbonyl (C=O) groups excluding carboxylic acids is 2. The Morgan fingerprint density at radius 1 is 1.35 bits per heavy atom. The van der Waals surface area contributed by atoms with Crippen molar-refractivity contribution in [2.24, 2.45) is 11.0 Å². The highest BCUT2D eigenvalue weighted by atomic mass is 79.9. The maximum Gasteiger partial charge on any atom is 0.399 e. The molecule has 0 saturated heterocycles. The van der Waals surface area contributed by atoms with Gasteiger partial charge in [0.2, 0.25) is 5.91 Å². The topological polar surface area (TPSA) is 92.1 Å². The van der Waals surface area contributed by atoms with Crippen molar-refractivity contribution in [3.05, 3.63) is 44.2 Å². The van der Waals surface area contributed by atoms with E-state index in [-0.39, 0.29) is 11.1 Å². The zero-order chi connectivity index (χ0) is 19.9. The summed E-state index contributed by atoms with van der Waals surface area (Å²) in [5.74, 6) is -3.71. The maximum atomic E-state index is 13.9. The number of ether oxygens (including phenoxy) is 1. The molecule has 1 aromatic rings. The molecular weight excluding hydrogens is 419 g/mol. The van der Waals surface area contributed by atoms with E-state index in [1.807, 2.05) is 0 Å². The fourth-order valence-corrected chi connectivity index (χ4v) is 3.20. The molecule has 2 atom stereocenters. The number of halogens is 4. The predicted molar refractivity (Wildman–Crippen MR) is 89.3 cm³/mol. The molecule has 1 amide bonds. The van der Waals surface area contributed by atoms with Crippen molar-refractivity contribution in [3.8, 4) is 0 Å². The van der Waals surface area contributed by atoms with E-state index >= 15 is 0 Å². The summed E-state index contributed by atoms with van der Waals surface area (Å²) in [7, 11) is 0. The second kappa shape index (κ2) is 6.59. The summed E-state index contributed by atoms with van der Waals surface area (Å²) in [4.78, 5) is 26.5. The van der Waals surface area contributed by atoms with Gasteiger partial charge in [0.15, 0.2) is 0 Å². The second-order valence-corrected chi connectivity index (χ2v) is 7.86. The molecule has 0 aliphatic heterocycles. The minimum absolute atomic E-state index is 0.281. The van der Waals surface area contributed by atoms with Gasteiger partial charge in [0.05, 0.1) is 5.56 Å². The number of benzene rings is 1. The largest absolute Gasteiger partial charge is 0.456 e. The van der Waals surface area contributed by atoms with Gasteiger partial charge in [0, 0.05) is 15.3 Å². The first-order chi connectivity index (χ1) is 11.8. The maximum absolute atomic E-state index is 13.9. The van der Waals surface area contributed by atoms with Gasteiger partial charge in [-0.05, 0) is 61.6 Å². The van der Waals surface area contributed by atoms with Gasteiger partial charge in [0.1, 0.15) is 11.0 Å². The summed E-state index contributed by atoms with van der Waals surface area (Å²) in [6.45, 7) is 4.77. The van der Waals surface area contributed by atoms with E-state index < -0.39 is 41.4 Å². The number of hydrogen-bond donors (Lipinski definition) is 0. The lowest BCUT2D eigenvalue weighted by Crippen LogP contribution is -2.35. The Kier molecular flexibility index (Phi) is 5.13. The average molecular weight is 434 g/mol. The van der Waals surface area contributed by atoms with Gasteiger partial charge in [-0.3, -0.25) is 4.79 Å². The van der Waals surface area contributed by atoms with Crippen molar-refractivity contribution in [3.63, 3.8) is 0 Å². The summed E-state index contributed by atoms with van der Waals surface area (Å²) in [6, 6.07) is 3.78. The van der Waals surface area contributed by atoms with Crippen LogP contribution in [0.25, 0.3) is 10.4 Å². The molecule has 1 aliphatic rings. The number of nitrogens with zero attached hydrogens (tertiary/aromatic N) is 3. The van der Waals surface area contributed by atoms with Crippen LogP contribution in [0.5, 0.6) is 0 Å². The van der Waals surface area contributed by atoms with Crippen LogP contribution in [-0.2, 0) is 14.9 Å². The first kappa shape index (κ1) is 20.3. The van der Waals surface area contributed by atoms with E-state index in [1.165, 1.54) is 12.1 Å². The number of alkyl halides is 3. The monoisotopic (exact) mass is 433 g/mol. The third-order valence-corrected chi connectivity index (χ3v) is 4.48. The van der Waals surface area contributed by atoms with E-state index in [0.29, 0.717) is 4.47 Å². The molecule has 0 spiro atoms. The van der Waals surface area contributed by atoms with Crippen molar-refractivity contribution < 1.29 is 27.5 Å². The summed E-state index contributed by atoms with van der Waals surface area (Å²) in [5, 5.41) is 2.79. The predicted octanol–water partition coefficient (Wildman–Crippen LogP) is 5.06. The van der Waals surface area contributed by atoms with Crippen LogP contribution < -0.4 is 0 Å². The van der Waals surface area contributed by atoms with Crippen LogP contribution in [0.2, 0.25) is 0 Å². The molecule has 2 rings (SSSR count). The molecule has 1 aromatic carbocycles. The number of azide groups is 1. The lowest BCUT2D eigenvalue weighted by molar-refractivity contribution is -0.167. The van der Waals surface area contributed by atoms with Crippen LogP contribution in [0.3, 0.4) is 0 Å². The molecule has 140 valence electrons. The van der Waals surface area contributed by atoms with Gasteiger partial charge >= 0.3 is 12.1 Å². The van der Waals surface area contributed by atoms with E-state index in [0.717, 1.165) is 6.07 Å². The first-order valence-electron chi connectivity index (χ1n) is 7.52. The third kappa shape index (κ3) is 3.71. The fourth-order valence-electron chi connectivity index (χ4n) is 2.84. The Bertz CT molecular complexity index is 813. The Hall–Kier alpha value is -2.06. The Balaban J connectivity index is 2.61. The summed E-state index contributed by atoms with van der Waals surface area (Å²) < 4.78 is 47.2. The molecule has 10 heteroatoms. The summed E-state index contributed by atoms with van der Waals surface area (Å²) in [5.41, 5.74) is 4.20. The van der Waals surface area contributed by atoms with Crippen LogP contribution in [0.15, 0.2) is 27.8 Å². The molecule has 0 radical (unpaired) electrons. The third-order valence-electron chi connectivity index (χ3n) is 3.99. The van der Waals surface area contributed by atoms with Gasteiger partial charge in [-0.25, -0.2) is 4.79 Å². The van der Waals surface area contributed by atoms with Gasteiger partial charge in [-0.1, -0.05) is 15.9 Å². The lowest BCUT2D eigenvalue weighted by Gasteiger charge is -2.25. The molecule has 6 nitrogen and oxygen atoms in total. The summed E-state index contributed by atoms with van der Waals surface area (Å²) >= 11 is 3.10. The fraction of sp³-hybridized carbons (Fsp3) is 0.500. The molecule has 0 heterocycles. The van der Waals surface area contributed by atoms with Gasteiger partial charge in [-0.15, -0.1) is 0 Å². The van der Waals surface area contributed by atoms with Crippen LogP contribution in [0.4, 0.5) is 13.2 Å². The highest BCUT2D eigenvalue weighted by molar-refractivity contribution is 9.10. The lowest BCUT2D eigenvalue weighted by atomic mass is 9.88. The van der Waals surface area contributed by atoms with Crippen molar-refractivity contribution >= 4 is 27.8 Å². The molecule has 0 unspecified atom stereocenters. The number of hydrogen-bond acceptors (Lipinski definition) is 3. The van der Waals surface area contributed by atoms with Crippen LogP contribution in [0.1, 0.15) is 43.1 Å².